The Morgan fingerprint density at radius 1 is 1.23 bits per heavy atom. The molecule has 0 amide bonds. The molecule has 1 rings (SSSR count). The van der Waals surface area contributed by atoms with Crippen molar-refractivity contribution in [3.8, 4) is 0 Å². The van der Waals surface area contributed by atoms with Gasteiger partial charge in [-0.1, -0.05) is 51.1 Å². The van der Waals surface area contributed by atoms with Gasteiger partial charge in [0.15, 0.2) is 0 Å². The van der Waals surface area contributed by atoms with E-state index in [0.29, 0.717) is 0 Å². The van der Waals surface area contributed by atoms with Crippen molar-refractivity contribution in [1.82, 2.24) is 0 Å². The van der Waals surface area contributed by atoms with Crippen molar-refractivity contribution < 1.29 is 5.11 Å². The summed E-state index contributed by atoms with van der Waals surface area (Å²) in [5, 5.41) is 9.13. The van der Waals surface area contributed by atoms with Crippen LogP contribution in [0.4, 0.5) is 0 Å². The van der Waals surface area contributed by atoms with E-state index in [1.165, 1.54) is 5.56 Å². The van der Waals surface area contributed by atoms with E-state index in [4.69, 9.17) is 5.11 Å². The lowest BCUT2D eigenvalue weighted by atomic mass is 9.75. The molecule has 1 atom stereocenters. The van der Waals surface area contributed by atoms with Crippen LogP contribution in [0.25, 0.3) is 0 Å². The Bertz CT molecular complexity index is 251. The molecule has 1 N–H and O–H groups in total. The summed E-state index contributed by atoms with van der Waals surface area (Å²) in [6, 6.07) is 10.3. The third-order valence-electron chi connectivity index (χ3n) is 3.02. The molecule has 0 aliphatic carbocycles. The maximum absolute atomic E-state index is 9.13. The minimum Gasteiger partial charge on any atom is -0.396 e. The molecule has 0 aliphatic heterocycles. The highest BCUT2D eigenvalue weighted by Gasteiger charge is 2.26. The molecule has 0 radical (unpaired) electrons. The lowest BCUT2D eigenvalue weighted by Crippen LogP contribution is -2.28. The van der Waals surface area contributed by atoms with Crippen molar-refractivity contribution in [1.29, 1.82) is 0 Å². The second kappa shape index (κ2) is 3.93. The topological polar surface area (TPSA) is 20.2 Å². The number of aliphatic hydroxyl groups is 1. The van der Waals surface area contributed by atoms with E-state index in [2.05, 4.69) is 32.9 Å². The fourth-order valence-corrected chi connectivity index (χ4v) is 1.38. The molecular weight excluding hydrogens is 160 g/mol. The van der Waals surface area contributed by atoms with Gasteiger partial charge in [-0.15, -0.1) is 0 Å². The van der Waals surface area contributed by atoms with Gasteiger partial charge < -0.3 is 5.11 Å². The highest BCUT2D eigenvalue weighted by molar-refractivity contribution is 5.24. The van der Waals surface area contributed by atoms with Crippen LogP contribution in [-0.4, -0.2) is 11.7 Å². The van der Waals surface area contributed by atoms with Crippen molar-refractivity contribution >= 4 is 0 Å². The molecule has 0 unspecified atom stereocenters. The summed E-state index contributed by atoms with van der Waals surface area (Å²) < 4.78 is 0. The van der Waals surface area contributed by atoms with Crippen molar-refractivity contribution in [3.05, 3.63) is 35.9 Å². The first kappa shape index (κ1) is 10.3. The first-order valence-electron chi connectivity index (χ1n) is 4.75. The van der Waals surface area contributed by atoms with E-state index < -0.39 is 0 Å². The monoisotopic (exact) mass is 178 g/mol. The molecule has 0 fully saturated rings. The molecule has 1 aromatic rings. The summed E-state index contributed by atoms with van der Waals surface area (Å²) in [4.78, 5) is 0. The van der Waals surface area contributed by atoms with Gasteiger partial charge >= 0.3 is 0 Å². The number of rotatable bonds is 3. The predicted octanol–water partition coefficient (Wildman–Crippen LogP) is 2.59. The number of hydrogen-bond acceptors (Lipinski definition) is 1. The van der Waals surface area contributed by atoms with E-state index in [1.54, 1.807) is 0 Å². The van der Waals surface area contributed by atoms with Crippen molar-refractivity contribution in [2.75, 3.05) is 6.61 Å². The fraction of sp³-hybridized carbons (Fsp3) is 0.500. The molecule has 0 saturated carbocycles. The molecular formula is C12H18O. The minimum atomic E-state index is 0.0516. The van der Waals surface area contributed by atoms with Crippen LogP contribution in [0.3, 0.4) is 0 Å². The summed E-state index contributed by atoms with van der Waals surface area (Å²) in [6.45, 7) is 6.65. The summed E-state index contributed by atoms with van der Waals surface area (Å²) in [5.74, 6) is 0.287. The maximum Gasteiger partial charge on any atom is 0.0464 e. The van der Waals surface area contributed by atoms with Crippen LogP contribution in [0.5, 0.6) is 0 Å². The molecule has 13 heavy (non-hydrogen) atoms. The Hall–Kier alpha value is -0.820. The van der Waals surface area contributed by atoms with Crippen LogP contribution < -0.4 is 0 Å². The first-order valence-corrected chi connectivity index (χ1v) is 4.75. The Labute approximate surface area is 80.4 Å². The van der Waals surface area contributed by atoms with Gasteiger partial charge in [-0.05, 0) is 16.9 Å². The second-order valence-corrected chi connectivity index (χ2v) is 4.17. The lowest BCUT2D eigenvalue weighted by molar-refractivity contribution is 0.181. The van der Waals surface area contributed by atoms with Gasteiger partial charge in [-0.3, -0.25) is 0 Å². The summed E-state index contributed by atoms with van der Waals surface area (Å²) in [6.07, 6.45) is 0. The maximum atomic E-state index is 9.13. The van der Waals surface area contributed by atoms with E-state index >= 15 is 0 Å². The van der Waals surface area contributed by atoms with E-state index in [-0.39, 0.29) is 17.9 Å². The molecule has 72 valence electrons. The van der Waals surface area contributed by atoms with Gasteiger partial charge in [-0.2, -0.15) is 0 Å². The molecule has 0 aromatic heterocycles. The summed E-state index contributed by atoms with van der Waals surface area (Å²) in [5.41, 5.74) is 1.34. The third kappa shape index (κ3) is 2.10. The molecule has 1 nitrogen and oxygen atoms in total. The minimum absolute atomic E-state index is 0.0516. The highest BCUT2D eigenvalue weighted by Crippen LogP contribution is 2.30. The average molecular weight is 178 g/mol. The quantitative estimate of drug-likeness (QED) is 0.754. The second-order valence-electron chi connectivity index (χ2n) is 4.17. The molecule has 0 aliphatic rings. The molecule has 0 bridgehead atoms. The van der Waals surface area contributed by atoms with Crippen LogP contribution >= 0.6 is 0 Å². The van der Waals surface area contributed by atoms with Crippen LogP contribution in [0.1, 0.15) is 26.3 Å². The van der Waals surface area contributed by atoms with Gasteiger partial charge in [-0.25, -0.2) is 0 Å². The largest absolute Gasteiger partial charge is 0.396 e. The number of hydrogen-bond donors (Lipinski definition) is 1. The molecule has 0 heterocycles. The van der Waals surface area contributed by atoms with Crippen LogP contribution in [-0.2, 0) is 5.41 Å². The zero-order valence-corrected chi connectivity index (χ0v) is 8.62. The van der Waals surface area contributed by atoms with Crippen LogP contribution in [0.15, 0.2) is 30.3 Å². The average Bonchev–Trinajstić information content (AvgIpc) is 2.18. The highest BCUT2D eigenvalue weighted by atomic mass is 16.3. The standard InChI is InChI=1S/C12H18O/c1-10(9-13)12(2,3)11-7-5-4-6-8-11/h4-8,10,13H,9H2,1-3H3/t10-/m0/s1. The van der Waals surface area contributed by atoms with E-state index in [0.717, 1.165) is 0 Å². The van der Waals surface area contributed by atoms with Gasteiger partial charge in [0.05, 0.1) is 0 Å². The molecule has 0 spiro atoms. The predicted molar refractivity (Wildman–Crippen MR) is 55.7 cm³/mol. The van der Waals surface area contributed by atoms with Crippen LogP contribution in [0.2, 0.25) is 0 Å². The van der Waals surface area contributed by atoms with E-state index in [9.17, 15) is 0 Å². The van der Waals surface area contributed by atoms with Gasteiger partial charge in [0, 0.05) is 6.61 Å². The normalized spacial score (nSPS) is 14.2. The fourth-order valence-electron chi connectivity index (χ4n) is 1.38. The number of benzene rings is 1. The van der Waals surface area contributed by atoms with Gasteiger partial charge in [0.25, 0.3) is 0 Å². The summed E-state index contributed by atoms with van der Waals surface area (Å²) >= 11 is 0. The smallest absolute Gasteiger partial charge is 0.0464 e. The zero-order chi connectivity index (χ0) is 9.90. The Morgan fingerprint density at radius 2 is 1.77 bits per heavy atom. The number of aliphatic hydroxyl groups excluding tert-OH is 1. The SMILES string of the molecule is C[C@@H](CO)C(C)(C)c1ccccc1. The Kier molecular flexibility index (Phi) is 3.10. The third-order valence-corrected chi connectivity index (χ3v) is 3.02. The first-order chi connectivity index (χ1) is 6.09. The zero-order valence-electron chi connectivity index (χ0n) is 8.62. The Morgan fingerprint density at radius 3 is 2.23 bits per heavy atom. The van der Waals surface area contributed by atoms with Gasteiger partial charge in [0.1, 0.15) is 0 Å². The van der Waals surface area contributed by atoms with Crippen LogP contribution in [0, 0.1) is 5.92 Å². The Balaban J connectivity index is 2.93. The van der Waals surface area contributed by atoms with Crippen molar-refractivity contribution in [3.63, 3.8) is 0 Å². The lowest BCUT2D eigenvalue weighted by Gasteiger charge is -2.31. The van der Waals surface area contributed by atoms with E-state index in [1.807, 2.05) is 18.2 Å². The molecule has 1 heteroatoms. The van der Waals surface area contributed by atoms with Crippen molar-refractivity contribution in [2.24, 2.45) is 5.92 Å². The van der Waals surface area contributed by atoms with Gasteiger partial charge in [0.2, 0.25) is 0 Å². The summed E-state index contributed by atoms with van der Waals surface area (Å²) in [7, 11) is 0. The molecule has 0 saturated heterocycles. The van der Waals surface area contributed by atoms with Crippen molar-refractivity contribution in [2.45, 2.75) is 26.2 Å². The molecule has 1 aromatic carbocycles.